The lowest BCUT2D eigenvalue weighted by atomic mass is 10.1. The van der Waals surface area contributed by atoms with E-state index in [4.69, 9.17) is 11.1 Å². The number of fused-ring (bicyclic) bond motifs is 3. The summed E-state index contributed by atoms with van der Waals surface area (Å²) in [5.74, 6) is 0.539. The first-order valence-electron chi connectivity index (χ1n) is 9.50. The molecule has 0 aliphatic rings. The Morgan fingerprint density at radius 3 is 2.72 bits per heavy atom. The van der Waals surface area contributed by atoms with Crippen LogP contribution in [0.5, 0.6) is 0 Å². The zero-order valence-corrected chi connectivity index (χ0v) is 15.9. The molecule has 4 rings (SSSR count). The molecule has 4 aromatic rings. The average molecular weight is 389 g/mol. The van der Waals surface area contributed by atoms with Crippen LogP contribution in [0, 0.1) is 5.41 Å². The first-order valence-corrected chi connectivity index (χ1v) is 9.50. The number of nitrogens with one attached hydrogen (secondary N) is 4. The van der Waals surface area contributed by atoms with Gasteiger partial charge in [0, 0.05) is 19.3 Å². The Hall–Kier alpha value is -3.65. The first kappa shape index (κ1) is 18.7. The Labute approximate surface area is 167 Å². The van der Waals surface area contributed by atoms with E-state index in [-0.39, 0.29) is 11.5 Å². The van der Waals surface area contributed by atoms with Crippen LogP contribution in [0.4, 0.5) is 0 Å². The van der Waals surface area contributed by atoms with Gasteiger partial charge in [0.25, 0.3) is 5.56 Å². The number of para-hydroxylation sites is 2. The van der Waals surface area contributed by atoms with Crippen LogP contribution in [-0.4, -0.2) is 33.4 Å². The normalized spacial score (nSPS) is 11.2. The van der Waals surface area contributed by atoms with Gasteiger partial charge in [-0.1, -0.05) is 36.4 Å². The number of imidazole rings is 1. The second-order valence-electron chi connectivity index (χ2n) is 6.86. The summed E-state index contributed by atoms with van der Waals surface area (Å²) >= 11 is 0. The number of H-pyrrole nitrogens is 1. The molecule has 0 aliphatic heterocycles. The third-order valence-corrected chi connectivity index (χ3v) is 4.77. The molecule has 148 valence electrons. The molecule has 0 radical (unpaired) electrons. The van der Waals surface area contributed by atoms with E-state index in [0.717, 1.165) is 41.7 Å². The van der Waals surface area contributed by atoms with Gasteiger partial charge in [-0.25, -0.2) is 0 Å². The van der Waals surface area contributed by atoms with E-state index < -0.39 is 0 Å². The molecular weight excluding hydrogens is 366 g/mol. The lowest BCUT2D eigenvalue weighted by Crippen LogP contribution is -2.32. The van der Waals surface area contributed by atoms with Crippen LogP contribution in [0.25, 0.3) is 27.9 Å². The summed E-state index contributed by atoms with van der Waals surface area (Å²) in [5, 5.41) is 13.2. The second-order valence-corrected chi connectivity index (χ2v) is 6.86. The molecule has 8 heteroatoms. The highest BCUT2D eigenvalue weighted by Crippen LogP contribution is 2.19. The molecule has 0 aliphatic carbocycles. The summed E-state index contributed by atoms with van der Waals surface area (Å²) < 4.78 is 1.91. The predicted molar refractivity (Wildman–Crippen MR) is 115 cm³/mol. The molecule has 0 saturated heterocycles. The van der Waals surface area contributed by atoms with Crippen molar-refractivity contribution in [2.24, 2.45) is 5.73 Å². The lowest BCUT2D eigenvalue weighted by molar-refractivity contribution is 0.639. The van der Waals surface area contributed by atoms with Gasteiger partial charge in [0.15, 0.2) is 5.96 Å². The average Bonchev–Trinajstić information content (AvgIpc) is 3.07. The van der Waals surface area contributed by atoms with Gasteiger partial charge in [0.05, 0.1) is 16.6 Å². The SMILES string of the molecule is N=C(N)NCCCNCc1ccc(-c2cn3c(nc2=O)[nH]c2ccccc23)cc1. The topological polar surface area (TPSA) is 124 Å². The number of rotatable bonds is 7. The molecular formula is C21H23N7O. The fraction of sp³-hybridized carbons (Fsp3) is 0.190. The quantitative estimate of drug-likeness (QED) is 0.187. The molecule has 0 amide bonds. The van der Waals surface area contributed by atoms with Gasteiger partial charge in [-0.05, 0) is 36.2 Å². The number of hydrogen-bond donors (Lipinski definition) is 5. The van der Waals surface area contributed by atoms with Gasteiger partial charge < -0.3 is 21.4 Å². The number of hydrogen-bond acceptors (Lipinski definition) is 4. The molecule has 0 unspecified atom stereocenters. The minimum atomic E-state index is -0.250. The molecule has 2 aromatic heterocycles. The zero-order valence-electron chi connectivity index (χ0n) is 15.9. The molecule has 6 N–H and O–H groups in total. The molecule has 29 heavy (non-hydrogen) atoms. The maximum absolute atomic E-state index is 12.5. The Morgan fingerprint density at radius 1 is 1.14 bits per heavy atom. The number of benzene rings is 2. The summed E-state index contributed by atoms with van der Waals surface area (Å²) in [6.07, 6.45) is 2.73. The minimum absolute atomic E-state index is 0.00295. The summed E-state index contributed by atoms with van der Waals surface area (Å²) in [6, 6.07) is 15.8. The zero-order chi connectivity index (χ0) is 20.2. The van der Waals surface area contributed by atoms with Crippen molar-refractivity contribution in [1.29, 1.82) is 5.41 Å². The monoisotopic (exact) mass is 389 g/mol. The highest BCUT2D eigenvalue weighted by atomic mass is 16.1. The van der Waals surface area contributed by atoms with E-state index in [1.807, 2.05) is 59.1 Å². The highest BCUT2D eigenvalue weighted by molar-refractivity contribution is 5.80. The van der Waals surface area contributed by atoms with Crippen LogP contribution in [0.2, 0.25) is 0 Å². The van der Waals surface area contributed by atoms with Crippen LogP contribution < -0.4 is 21.9 Å². The number of guanidine groups is 1. The van der Waals surface area contributed by atoms with Crippen LogP contribution >= 0.6 is 0 Å². The Bertz CT molecular complexity index is 1210. The maximum atomic E-state index is 12.5. The van der Waals surface area contributed by atoms with E-state index in [1.54, 1.807) is 0 Å². The number of aromatic nitrogens is 3. The van der Waals surface area contributed by atoms with Crippen LogP contribution in [0.1, 0.15) is 12.0 Å². The van der Waals surface area contributed by atoms with Crippen molar-refractivity contribution in [3.05, 3.63) is 70.6 Å². The first-order chi connectivity index (χ1) is 14.1. The van der Waals surface area contributed by atoms with Crippen LogP contribution in [-0.2, 0) is 6.54 Å². The smallest absolute Gasteiger partial charge is 0.282 e. The standard InChI is InChI=1S/C21H23N7O/c22-20(23)25-11-3-10-24-12-14-6-8-15(9-7-14)16-13-28-18-5-2-1-4-17(18)26-21(28)27-19(16)29/h1-2,4-9,13,24H,3,10-12H2,(H4,22,23,25)(H,26,27,29). The molecule has 0 fully saturated rings. The summed E-state index contributed by atoms with van der Waals surface area (Å²) in [4.78, 5) is 19.9. The number of aromatic amines is 1. The van der Waals surface area contributed by atoms with Crippen molar-refractivity contribution < 1.29 is 0 Å². The lowest BCUT2D eigenvalue weighted by Gasteiger charge is -2.07. The van der Waals surface area contributed by atoms with E-state index >= 15 is 0 Å². The van der Waals surface area contributed by atoms with Crippen LogP contribution in [0.15, 0.2) is 59.5 Å². The number of nitrogens with two attached hydrogens (primary N) is 1. The largest absolute Gasteiger partial charge is 0.370 e. The van der Waals surface area contributed by atoms with E-state index in [9.17, 15) is 4.79 Å². The Balaban J connectivity index is 1.48. The summed E-state index contributed by atoms with van der Waals surface area (Å²) in [6.45, 7) is 2.23. The van der Waals surface area contributed by atoms with Crippen molar-refractivity contribution in [2.75, 3.05) is 13.1 Å². The van der Waals surface area contributed by atoms with Crippen molar-refractivity contribution in [3.8, 4) is 11.1 Å². The maximum Gasteiger partial charge on any atom is 0.282 e. The third-order valence-electron chi connectivity index (χ3n) is 4.77. The molecule has 0 spiro atoms. The van der Waals surface area contributed by atoms with Crippen molar-refractivity contribution >= 4 is 22.8 Å². The second kappa shape index (κ2) is 8.15. The Kier molecular flexibility index (Phi) is 5.26. The molecule has 0 atom stereocenters. The fourth-order valence-electron chi connectivity index (χ4n) is 3.31. The van der Waals surface area contributed by atoms with Gasteiger partial charge >= 0.3 is 0 Å². The third kappa shape index (κ3) is 4.12. The predicted octanol–water partition coefficient (Wildman–Crippen LogP) is 1.81. The van der Waals surface area contributed by atoms with Crippen molar-refractivity contribution in [1.82, 2.24) is 25.0 Å². The van der Waals surface area contributed by atoms with Gasteiger partial charge in [-0.3, -0.25) is 14.6 Å². The number of nitrogens with zero attached hydrogens (tertiary/aromatic N) is 2. The van der Waals surface area contributed by atoms with E-state index in [1.165, 1.54) is 0 Å². The molecule has 0 bridgehead atoms. The highest BCUT2D eigenvalue weighted by Gasteiger charge is 2.10. The van der Waals surface area contributed by atoms with Gasteiger partial charge in [-0.2, -0.15) is 4.98 Å². The summed E-state index contributed by atoms with van der Waals surface area (Å²) in [7, 11) is 0. The van der Waals surface area contributed by atoms with Crippen molar-refractivity contribution in [3.63, 3.8) is 0 Å². The molecule has 0 saturated carbocycles. The minimum Gasteiger partial charge on any atom is -0.370 e. The molecule has 2 aromatic carbocycles. The molecule has 8 nitrogen and oxygen atoms in total. The fourth-order valence-corrected chi connectivity index (χ4v) is 3.31. The molecule has 2 heterocycles. The van der Waals surface area contributed by atoms with E-state index in [0.29, 0.717) is 17.9 Å². The van der Waals surface area contributed by atoms with E-state index in [2.05, 4.69) is 20.6 Å². The van der Waals surface area contributed by atoms with Crippen molar-refractivity contribution in [2.45, 2.75) is 13.0 Å². The van der Waals surface area contributed by atoms with Gasteiger partial charge in [-0.15, -0.1) is 0 Å². The van der Waals surface area contributed by atoms with Gasteiger partial charge in [0.2, 0.25) is 5.78 Å². The van der Waals surface area contributed by atoms with Gasteiger partial charge in [0.1, 0.15) is 0 Å². The Morgan fingerprint density at radius 2 is 1.93 bits per heavy atom. The summed E-state index contributed by atoms with van der Waals surface area (Å²) in [5.41, 5.74) is 9.47. The van der Waals surface area contributed by atoms with Crippen LogP contribution in [0.3, 0.4) is 0 Å².